The zero-order valence-corrected chi connectivity index (χ0v) is 18.0. The van der Waals surface area contributed by atoms with Gasteiger partial charge < -0.3 is 4.90 Å². The van der Waals surface area contributed by atoms with Gasteiger partial charge in [-0.15, -0.1) is 0 Å². The van der Waals surface area contributed by atoms with E-state index in [9.17, 15) is 4.39 Å². The van der Waals surface area contributed by atoms with Crippen LogP contribution in [-0.4, -0.2) is 23.1 Å². The lowest BCUT2D eigenvalue weighted by atomic mass is 9.71. The summed E-state index contributed by atoms with van der Waals surface area (Å²) in [7, 11) is 0. The van der Waals surface area contributed by atoms with E-state index in [1.165, 1.54) is 17.3 Å². The Labute approximate surface area is 169 Å². The van der Waals surface area contributed by atoms with Crippen molar-refractivity contribution in [2.45, 2.75) is 65.7 Å². The van der Waals surface area contributed by atoms with Crippen LogP contribution in [0.2, 0.25) is 0 Å². The van der Waals surface area contributed by atoms with Gasteiger partial charge in [0.1, 0.15) is 5.82 Å². The Kier molecular flexibility index (Phi) is 6.07. The largest absolute Gasteiger partial charge is 0.357 e. The van der Waals surface area contributed by atoms with Crippen molar-refractivity contribution in [1.29, 1.82) is 0 Å². The third-order valence-electron chi connectivity index (χ3n) is 6.34. The van der Waals surface area contributed by atoms with E-state index in [2.05, 4.69) is 56.6 Å². The number of hydrogen-bond donors (Lipinski definition) is 0. The Bertz CT molecular complexity index is 769. The minimum atomic E-state index is -0.398. The van der Waals surface area contributed by atoms with E-state index >= 15 is 0 Å². The number of aryl methyl sites for hydroxylation is 1. The van der Waals surface area contributed by atoms with E-state index in [0.29, 0.717) is 5.92 Å². The lowest BCUT2D eigenvalue weighted by Gasteiger charge is -2.41. The van der Waals surface area contributed by atoms with Crippen LogP contribution in [0.4, 0.5) is 10.2 Å². The third kappa shape index (κ3) is 5.09. The quantitative estimate of drug-likeness (QED) is 0.612. The van der Waals surface area contributed by atoms with Crippen LogP contribution in [-0.2, 0) is 11.8 Å². The molecule has 0 bridgehead atoms. The zero-order chi connectivity index (χ0) is 20.4. The zero-order valence-electron chi connectivity index (χ0n) is 18.0. The summed E-state index contributed by atoms with van der Waals surface area (Å²) >= 11 is 0. The topological polar surface area (TPSA) is 29.0 Å². The van der Waals surface area contributed by atoms with Gasteiger partial charge in [-0.1, -0.05) is 46.8 Å². The Morgan fingerprint density at radius 3 is 2.32 bits per heavy atom. The van der Waals surface area contributed by atoms with Crippen molar-refractivity contribution in [3.05, 3.63) is 53.7 Å². The van der Waals surface area contributed by atoms with Gasteiger partial charge in [0.2, 0.25) is 5.95 Å². The van der Waals surface area contributed by atoms with Gasteiger partial charge in [-0.05, 0) is 66.2 Å². The second-order valence-corrected chi connectivity index (χ2v) is 9.86. The minimum absolute atomic E-state index is 0.148. The highest BCUT2D eigenvalue weighted by molar-refractivity contribution is 5.38. The number of pyridine rings is 2. The molecule has 0 unspecified atom stereocenters. The maximum atomic E-state index is 13.4. The first-order valence-electron chi connectivity index (χ1n) is 10.5. The predicted molar refractivity (Wildman–Crippen MR) is 114 cm³/mol. The second-order valence-electron chi connectivity index (χ2n) is 9.86. The molecule has 2 aromatic rings. The molecule has 1 saturated heterocycles. The molecule has 0 saturated carbocycles. The van der Waals surface area contributed by atoms with E-state index in [-0.39, 0.29) is 10.8 Å². The Morgan fingerprint density at radius 2 is 1.75 bits per heavy atom. The minimum Gasteiger partial charge on any atom is -0.357 e. The van der Waals surface area contributed by atoms with Crippen LogP contribution < -0.4 is 4.90 Å². The van der Waals surface area contributed by atoms with Crippen LogP contribution in [0.3, 0.4) is 0 Å². The molecule has 1 aliphatic rings. The fourth-order valence-electron chi connectivity index (χ4n) is 4.13. The average Bonchev–Trinajstić information content (AvgIpc) is 2.66. The van der Waals surface area contributed by atoms with Crippen LogP contribution in [0.5, 0.6) is 0 Å². The van der Waals surface area contributed by atoms with Crippen molar-refractivity contribution in [3.8, 4) is 0 Å². The highest BCUT2D eigenvalue weighted by atomic mass is 19.1. The summed E-state index contributed by atoms with van der Waals surface area (Å²) in [6.07, 6.45) is 6.44. The van der Waals surface area contributed by atoms with E-state index in [4.69, 9.17) is 4.98 Å². The van der Waals surface area contributed by atoms with E-state index in [1.54, 1.807) is 6.07 Å². The number of anilines is 1. The molecule has 0 amide bonds. The molecule has 3 heterocycles. The first-order chi connectivity index (χ1) is 13.1. The number of piperidine rings is 1. The van der Waals surface area contributed by atoms with Crippen molar-refractivity contribution in [2.75, 3.05) is 18.0 Å². The van der Waals surface area contributed by atoms with Crippen LogP contribution in [0.1, 0.15) is 65.1 Å². The van der Waals surface area contributed by atoms with Gasteiger partial charge in [0.05, 0.1) is 0 Å². The van der Waals surface area contributed by atoms with Crippen LogP contribution in [0.25, 0.3) is 0 Å². The van der Waals surface area contributed by atoms with Gasteiger partial charge in [0.15, 0.2) is 0 Å². The molecular weight excluding hydrogens is 349 g/mol. The van der Waals surface area contributed by atoms with Gasteiger partial charge >= 0.3 is 0 Å². The van der Waals surface area contributed by atoms with Crippen molar-refractivity contribution in [3.63, 3.8) is 0 Å². The Hall–Kier alpha value is -1.97. The molecule has 0 aliphatic carbocycles. The Morgan fingerprint density at radius 1 is 1.04 bits per heavy atom. The number of halogens is 1. The normalized spacial score (nSPS) is 16.4. The standard InChI is InChI=1S/C24H34FN3/c1-23(2,3)19-9-10-20(26-17-19)11-14-24(4,5)18-12-15-28(16-13-18)22-8-6-7-21(25)27-22/h6-10,17-18H,11-16H2,1-5H3. The predicted octanol–water partition coefficient (Wildman–Crippen LogP) is 5.79. The van der Waals surface area contributed by atoms with Crippen LogP contribution in [0.15, 0.2) is 36.5 Å². The van der Waals surface area contributed by atoms with Gasteiger partial charge in [-0.2, -0.15) is 4.39 Å². The number of aromatic nitrogens is 2. The molecule has 0 aromatic carbocycles. The summed E-state index contributed by atoms with van der Waals surface area (Å²) in [6, 6.07) is 9.46. The first kappa shape index (κ1) is 20.8. The molecule has 3 nitrogen and oxygen atoms in total. The third-order valence-corrected chi connectivity index (χ3v) is 6.34. The van der Waals surface area contributed by atoms with Crippen molar-refractivity contribution in [2.24, 2.45) is 11.3 Å². The van der Waals surface area contributed by atoms with Gasteiger partial charge in [-0.25, -0.2) is 4.98 Å². The van der Waals surface area contributed by atoms with Crippen molar-refractivity contribution < 1.29 is 4.39 Å². The van der Waals surface area contributed by atoms with Gasteiger partial charge in [-0.3, -0.25) is 4.98 Å². The molecule has 0 spiro atoms. The molecule has 4 heteroatoms. The average molecular weight is 384 g/mol. The highest BCUT2D eigenvalue weighted by Gasteiger charge is 2.32. The summed E-state index contributed by atoms with van der Waals surface area (Å²) < 4.78 is 13.4. The molecule has 1 fully saturated rings. The van der Waals surface area contributed by atoms with E-state index in [0.717, 1.165) is 44.6 Å². The Balaban J connectivity index is 1.54. The van der Waals surface area contributed by atoms with Gasteiger partial charge in [0.25, 0.3) is 0 Å². The van der Waals surface area contributed by atoms with E-state index in [1.807, 2.05) is 12.3 Å². The molecular formula is C24H34FN3. The molecule has 0 radical (unpaired) electrons. The molecule has 1 aliphatic heterocycles. The van der Waals surface area contributed by atoms with Crippen molar-refractivity contribution >= 4 is 5.82 Å². The monoisotopic (exact) mass is 383 g/mol. The van der Waals surface area contributed by atoms with Crippen LogP contribution in [0, 0.1) is 17.3 Å². The summed E-state index contributed by atoms with van der Waals surface area (Å²) in [5, 5.41) is 0. The summed E-state index contributed by atoms with van der Waals surface area (Å²) in [5.41, 5.74) is 2.89. The number of nitrogens with zero attached hydrogens (tertiary/aromatic N) is 3. The van der Waals surface area contributed by atoms with Gasteiger partial charge in [0, 0.05) is 25.0 Å². The molecule has 3 rings (SSSR count). The smallest absolute Gasteiger partial charge is 0.214 e. The first-order valence-corrected chi connectivity index (χ1v) is 10.5. The van der Waals surface area contributed by atoms with Crippen molar-refractivity contribution in [1.82, 2.24) is 9.97 Å². The highest BCUT2D eigenvalue weighted by Crippen LogP contribution is 2.39. The lowest BCUT2D eigenvalue weighted by Crippen LogP contribution is -2.39. The molecule has 152 valence electrons. The SMILES string of the molecule is CC(C)(C)c1ccc(CCC(C)(C)C2CCN(c3cccc(F)n3)CC2)nc1. The summed E-state index contributed by atoms with van der Waals surface area (Å²) in [4.78, 5) is 10.9. The summed E-state index contributed by atoms with van der Waals surface area (Å²) in [5.74, 6) is 1.04. The lowest BCUT2D eigenvalue weighted by molar-refractivity contribution is 0.161. The summed E-state index contributed by atoms with van der Waals surface area (Å²) in [6.45, 7) is 13.3. The molecule has 2 aromatic heterocycles. The number of hydrogen-bond acceptors (Lipinski definition) is 3. The van der Waals surface area contributed by atoms with Crippen LogP contribution >= 0.6 is 0 Å². The molecule has 28 heavy (non-hydrogen) atoms. The maximum Gasteiger partial charge on any atom is 0.214 e. The number of rotatable bonds is 5. The maximum absolute atomic E-state index is 13.4. The molecule has 0 N–H and O–H groups in total. The molecule has 0 atom stereocenters. The fraction of sp³-hybridized carbons (Fsp3) is 0.583. The second kappa shape index (κ2) is 8.18. The fourth-order valence-corrected chi connectivity index (χ4v) is 4.13. The van der Waals surface area contributed by atoms with E-state index < -0.39 is 5.95 Å².